The number of amides is 1. The lowest BCUT2D eigenvalue weighted by molar-refractivity contribution is -0.131. The number of hydrogen-bond donors (Lipinski definition) is 0. The minimum absolute atomic E-state index is 0.0788. The predicted molar refractivity (Wildman–Crippen MR) is 50.2 cm³/mol. The molecule has 0 unspecified atom stereocenters. The van der Waals surface area contributed by atoms with Crippen molar-refractivity contribution in [2.24, 2.45) is 11.8 Å². The zero-order chi connectivity index (χ0) is 9.14. The van der Waals surface area contributed by atoms with Crippen molar-refractivity contribution in [3.8, 4) is 0 Å². The molecular weight excluding hydrogens is 174 g/mol. The van der Waals surface area contributed by atoms with Crippen LogP contribution in [0.25, 0.3) is 0 Å². The summed E-state index contributed by atoms with van der Waals surface area (Å²) in [5.74, 6) is 1.45. The van der Waals surface area contributed by atoms with E-state index in [0.29, 0.717) is 11.8 Å². The van der Waals surface area contributed by atoms with Crippen LogP contribution in [-0.4, -0.2) is 29.8 Å². The van der Waals surface area contributed by atoms with Crippen LogP contribution in [0.3, 0.4) is 0 Å². The molecule has 1 rings (SSSR count). The minimum atomic E-state index is 0.0788. The number of rotatable bonds is 1. The molecule has 0 aliphatic carbocycles. The summed E-state index contributed by atoms with van der Waals surface area (Å²) < 4.78 is 0. The summed E-state index contributed by atoms with van der Waals surface area (Å²) >= 11 is 5.49. The highest BCUT2D eigenvalue weighted by Gasteiger charge is 2.24. The van der Waals surface area contributed by atoms with Crippen LogP contribution in [0.2, 0.25) is 0 Å². The monoisotopic (exact) mass is 189 g/mol. The van der Waals surface area contributed by atoms with Crippen LogP contribution in [0.15, 0.2) is 0 Å². The van der Waals surface area contributed by atoms with Crippen LogP contribution in [0.4, 0.5) is 0 Å². The van der Waals surface area contributed by atoms with Crippen molar-refractivity contribution in [1.82, 2.24) is 4.90 Å². The number of hydrogen-bond acceptors (Lipinski definition) is 1. The van der Waals surface area contributed by atoms with Crippen LogP contribution < -0.4 is 0 Å². The van der Waals surface area contributed by atoms with E-state index < -0.39 is 0 Å². The first-order valence-electron chi connectivity index (χ1n) is 4.47. The normalized spacial score (nSPS) is 30.4. The zero-order valence-corrected chi connectivity index (χ0v) is 8.47. The molecule has 12 heavy (non-hydrogen) atoms. The second-order valence-corrected chi connectivity index (χ2v) is 4.15. The van der Waals surface area contributed by atoms with E-state index in [9.17, 15) is 4.79 Å². The lowest BCUT2D eigenvalue weighted by Gasteiger charge is -2.34. The Balaban J connectivity index is 2.49. The maximum absolute atomic E-state index is 11.3. The molecule has 70 valence electrons. The van der Waals surface area contributed by atoms with Gasteiger partial charge in [0.15, 0.2) is 0 Å². The van der Waals surface area contributed by atoms with Gasteiger partial charge in [0.05, 0.1) is 0 Å². The van der Waals surface area contributed by atoms with E-state index in [4.69, 9.17) is 11.6 Å². The molecule has 0 aromatic rings. The van der Waals surface area contributed by atoms with Gasteiger partial charge in [0.2, 0.25) is 5.91 Å². The fourth-order valence-electron chi connectivity index (χ4n) is 1.95. The maximum atomic E-state index is 11.3. The van der Waals surface area contributed by atoms with Gasteiger partial charge < -0.3 is 4.90 Å². The van der Waals surface area contributed by atoms with Gasteiger partial charge in [0, 0.05) is 13.1 Å². The van der Waals surface area contributed by atoms with E-state index in [0.717, 1.165) is 13.1 Å². The first-order valence-corrected chi connectivity index (χ1v) is 5.00. The van der Waals surface area contributed by atoms with Crippen LogP contribution >= 0.6 is 11.6 Å². The third-order valence-corrected chi connectivity index (χ3v) is 2.56. The zero-order valence-electron chi connectivity index (χ0n) is 7.72. The lowest BCUT2D eigenvalue weighted by atomic mass is 9.92. The second kappa shape index (κ2) is 4.13. The van der Waals surface area contributed by atoms with Gasteiger partial charge >= 0.3 is 0 Å². The number of piperidine rings is 1. The summed E-state index contributed by atoms with van der Waals surface area (Å²) in [6.07, 6.45) is 1.23. The molecule has 0 aromatic heterocycles. The van der Waals surface area contributed by atoms with E-state index in [1.807, 2.05) is 4.90 Å². The maximum Gasteiger partial charge on any atom is 0.237 e. The Kier molecular flexibility index (Phi) is 3.39. The summed E-state index contributed by atoms with van der Waals surface area (Å²) in [7, 11) is 0. The van der Waals surface area contributed by atoms with Crippen molar-refractivity contribution < 1.29 is 4.79 Å². The van der Waals surface area contributed by atoms with Gasteiger partial charge in [-0.3, -0.25) is 4.79 Å². The van der Waals surface area contributed by atoms with Crippen molar-refractivity contribution in [1.29, 1.82) is 0 Å². The molecule has 0 saturated carbocycles. The van der Waals surface area contributed by atoms with Crippen LogP contribution in [-0.2, 0) is 4.79 Å². The molecule has 1 saturated heterocycles. The molecule has 1 aliphatic heterocycles. The van der Waals surface area contributed by atoms with Gasteiger partial charge in [-0.1, -0.05) is 13.8 Å². The van der Waals surface area contributed by atoms with Gasteiger partial charge in [0.25, 0.3) is 0 Å². The average molecular weight is 190 g/mol. The third-order valence-electron chi connectivity index (χ3n) is 2.34. The van der Waals surface area contributed by atoms with E-state index >= 15 is 0 Å². The Hall–Kier alpha value is -0.240. The van der Waals surface area contributed by atoms with Gasteiger partial charge in [-0.2, -0.15) is 0 Å². The summed E-state index contributed by atoms with van der Waals surface area (Å²) in [4.78, 5) is 13.1. The molecule has 0 bridgehead atoms. The standard InChI is InChI=1S/C9H16ClNO/c1-7-3-8(2)6-11(5-7)9(12)4-10/h7-8H,3-6H2,1-2H3/t7-,8-/m0/s1. The van der Waals surface area contributed by atoms with Crippen molar-refractivity contribution in [3.63, 3.8) is 0 Å². The Morgan fingerprint density at radius 1 is 1.42 bits per heavy atom. The first-order chi connectivity index (χ1) is 5.63. The fourth-order valence-corrected chi connectivity index (χ4v) is 2.12. The first kappa shape index (κ1) is 9.85. The molecule has 1 amide bonds. The quantitative estimate of drug-likeness (QED) is 0.576. The van der Waals surface area contributed by atoms with Gasteiger partial charge in [-0.05, 0) is 18.3 Å². The van der Waals surface area contributed by atoms with E-state index in [1.165, 1.54) is 6.42 Å². The number of alkyl halides is 1. The van der Waals surface area contributed by atoms with Gasteiger partial charge in [-0.15, -0.1) is 11.6 Å². The van der Waals surface area contributed by atoms with E-state index in [-0.39, 0.29) is 11.8 Å². The Labute approximate surface area is 78.9 Å². The number of halogens is 1. The summed E-state index contributed by atoms with van der Waals surface area (Å²) in [6.45, 7) is 6.14. The number of carbonyl (C=O) groups excluding carboxylic acids is 1. The molecule has 2 nitrogen and oxygen atoms in total. The predicted octanol–water partition coefficient (Wildman–Crippen LogP) is 1.73. The Bertz CT molecular complexity index is 162. The summed E-state index contributed by atoms with van der Waals surface area (Å²) in [5, 5.41) is 0. The highest BCUT2D eigenvalue weighted by atomic mass is 35.5. The Morgan fingerprint density at radius 3 is 2.33 bits per heavy atom. The summed E-state index contributed by atoms with van der Waals surface area (Å²) in [6, 6.07) is 0. The average Bonchev–Trinajstić information content (AvgIpc) is 2.01. The molecule has 0 aromatic carbocycles. The number of nitrogens with zero attached hydrogens (tertiary/aromatic N) is 1. The van der Waals surface area contributed by atoms with Crippen molar-refractivity contribution >= 4 is 17.5 Å². The topological polar surface area (TPSA) is 20.3 Å². The number of likely N-dealkylation sites (tertiary alicyclic amines) is 1. The molecule has 0 spiro atoms. The molecular formula is C9H16ClNO. The third kappa shape index (κ3) is 2.37. The Morgan fingerprint density at radius 2 is 1.92 bits per heavy atom. The van der Waals surface area contributed by atoms with E-state index in [2.05, 4.69) is 13.8 Å². The highest BCUT2D eigenvalue weighted by molar-refractivity contribution is 6.27. The SMILES string of the molecule is C[C@H]1C[C@H](C)CN(C(=O)CCl)C1. The largest absolute Gasteiger partial charge is 0.341 e. The molecule has 2 atom stereocenters. The van der Waals surface area contributed by atoms with Crippen molar-refractivity contribution in [3.05, 3.63) is 0 Å². The summed E-state index contributed by atoms with van der Waals surface area (Å²) in [5.41, 5.74) is 0. The molecule has 0 radical (unpaired) electrons. The molecule has 1 aliphatic rings. The van der Waals surface area contributed by atoms with Gasteiger partial charge in [-0.25, -0.2) is 0 Å². The molecule has 1 fully saturated rings. The lowest BCUT2D eigenvalue weighted by Crippen LogP contribution is -2.43. The minimum Gasteiger partial charge on any atom is -0.341 e. The van der Waals surface area contributed by atoms with E-state index in [1.54, 1.807) is 0 Å². The second-order valence-electron chi connectivity index (χ2n) is 3.88. The van der Waals surface area contributed by atoms with Crippen LogP contribution in [0.5, 0.6) is 0 Å². The van der Waals surface area contributed by atoms with Crippen LogP contribution in [0, 0.1) is 11.8 Å². The molecule has 1 heterocycles. The fraction of sp³-hybridized carbons (Fsp3) is 0.889. The number of carbonyl (C=O) groups is 1. The molecule has 3 heteroatoms. The smallest absolute Gasteiger partial charge is 0.237 e. The molecule has 0 N–H and O–H groups in total. The van der Waals surface area contributed by atoms with Crippen LogP contribution in [0.1, 0.15) is 20.3 Å². The van der Waals surface area contributed by atoms with Crippen molar-refractivity contribution in [2.75, 3.05) is 19.0 Å². The van der Waals surface area contributed by atoms with Crippen molar-refractivity contribution in [2.45, 2.75) is 20.3 Å². The highest BCUT2D eigenvalue weighted by Crippen LogP contribution is 2.20. The van der Waals surface area contributed by atoms with Gasteiger partial charge in [0.1, 0.15) is 5.88 Å².